The summed E-state index contributed by atoms with van der Waals surface area (Å²) in [6.45, 7) is 5.83. The molecule has 0 N–H and O–H groups in total. The lowest BCUT2D eigenvalue weighted by atomic mass is 9.70. The van der Waals surface area contributed by atoms with Crippen LogP contribution in [0.25, 0.3) is 0 Å². The van der Waals surface area contributed by atoms with Gasteiger partial charge in [0.25, 0.3) is 10.0 Å². The molecule has 20 heavy (non-hydrogen) atoms. The van der Waals surface area contributed by atoms with Gasteiger partial charge in [0, 0.05) is 12.6 Å². The molecule has 1 aromatic heterocycles. The lowest BCUT2D eigenvalue weighted by Crippen LogP contribution is -2.43. The highest BCUT2D eigenvalue weighted by atomic mass is 32.2. The Morgan fingerprint density at radius 2 is 2.15 bits per heavy atom. The molecule has 5 nitrogen and oxygen atoms in total. The van der Waals surface area contributed by atoms with Crippen LogP contribution in [0.3, 0.4) is 0 Å². The van der Waals surface area contributed by atoms with Gasteiger partial charge >= 0.3 is 0 Å². The average Bonchev–Trinajstić information content (AvgIpc) is 2.91. The highest BCUT2D eigenvalue weighted by molar-refractivity contribution is 7.89. The molecule has 0 radical (unpaired) electrons. The maximum atomic E-state index is 12.6. The molecule has 0 spiro atoms. The number of hydrogen-bond acceptors (Lipinski definition) is 4. The Kier molecular flexibility index (Phi) is 2.71. The van der Waals surface area contributed by atoms with Crippen molar-refractivity contribution in [3.05, 3.63) is 18.0 Å². The van der Waals surface area contributed by atoms with Gasteiger partial charge in [-0.3, -0.25) is 4.79 Å². The second kappa shape index (κ2) is 3.93. The third kappa shape index (κ3) is 1.63. The van der Waals surface area contributed by atoms with Gasteiger partial charge in [0.2, 0.25) is 0 Å². The lowest BCUT2D eigenvalue weighted by Gasteiger charge is -2.35. The Hall–Kier alpha value is -1.17. The summed E-state index contributed by atoms with van der Waals surface area (Å²) in [4.78, 5) is 12.4. The molecule has 2 atom stereocenters. The zero-order valence-corrected chi connectivity index (χ0v) is 12.9. The summed E-state index contributed by atoms with van der Waals surface area (Å²) >= 11 is 0. The molecular formula is C14H20N2O3S. The van der Waals surface area contributed by atoms with Crippen LogP contribution in [0.1, 0.15) is 38.8 Å². The summed E-state index contributed by atoms with van der Waals surface area (Å²) in [7, 11) is -3.59. The first-order chi connectivity index (χ1) is 9.19. The Bertz CT molecular complexity index is 674. The number of aromatic nitrogens is 2. The van der Waals surface area contributed by atoms with Gasteiger partial charge in [0.15, 0.2) is 0 Å². The van der Waals surface area contributed by atoms with E-state index in [0.717, 1.165) is 10.5 Å². The number of rotatable bonds is 3. The van der Waals surface area contributed by atoms with Crippen molar-refractivity contribution >= 4 is 15.8 Å². The van der Waals surface area contributed by atoms with Gasteiger partial charge in [-0.2, -0.15) is 9.19 Å². The van der Waals surface area contributed by atoms with Crippen molar-refractivity contribution in [2.24, 2.45) is 16.7 Å². The normalized spacial score (nSPS) is 31.9. The first-order valence-electron chi connectivity index (χ1n) is 6.98. The van der Waals surface area contributed by atoms with Crippen molar-refractivity contribution in [1.82, 2.24) is 9.19 Å². The highest BCUT2D eigenvalue weighted by Gasteiger charge is 2.65. The number of fused-ring (bicyclic) bond motifs is 2. The minimum atomic E-state index is -3.59. The fourth-order valence-corrected chi connectivity index (χ4v) is 5.97. The molecule has 6 heteroatoms. The molecule has 2 bridgehead atoms. The molecule has 0 aromatic carbocycles. The maximum Gasteiger partial charge on any atom is 0.254 e. The highest BCUT2D eigenvalue weighted by Crippen LogP contribution is 2.64. The Morgan fingerprint density at radius 1 is 1.45 bits per heavy atom. The summed E-state index contributed by atoms with van der Waals surface area (Å²) in [5.74, 6) is 0.319. The second-order valence-corrected chi connectivity index (χ2v) is 8.58. The zero-order valence-electron chi connectivity index (χ0n) is 12.1. The number of hydrogen-bond donors (Lipinski definition) is 0. The zero-order chi connectivity index (χ0) is 14.8. The topological polar surface area (TPSA) is 69.0 Å². The van der Waals surface area contributed by atoms with Gasteiger partial charge in [0.05, 0.1) is 16.9 Å². The predicted molar refractivity (Wildman–Crippen MR) is 74.7 cm³/mol. The SMILES string of the molecule is Cc1ccn(S(=O)(=O)C[C@]23CC[C@@H](CC2=O)C3(C)C)n1. The van der Waals surface area contributed by atoms with E-state index in [-0.39, 0.29) is 17.0 Å². The molecule has 2 aliphatic rings. The van der Waals surface area contributed by atoms with E-state index in [1.807, 2.05) is 13.8 Å². The lowest BCUT2D eigenvalue weighted by molar-refractivity contribution is -0.128. The molecule has 2 saturated carbocycles. The molecule has 0 saturated heterocycles. The fourth-order valence-electron chi connectivity index (χ4n) is 4.03. The minimum Gasteiger partial charge on any atom is -0.299 e. The van der Waals surface area contributed by atoms with Gasteiger partial charge < -0.3 is 0 Å². The molecule has 0 aliphatic heterocycles. The minimum absolute atomic E-state index is 0.117. The first-order valence-corrected chi connectivity index (χ1v) is 8.59. The van der Waals surface area contributed by atoms with Crippen LogP contribution >= 0.6 is 0 Å². The van der Waals surface area contributed by atoms with Crippen molar-refractivity contribution in [3.8, 4) is 0 Å². The van der Waals surface area contributed by atoms with Crippen LogP contribution in [-0.2, 0) is 14.8 Å². The number of Topliss-reactive ketones (excluding diaryl/α,β-unsaturated/α-hetero) is 1. The van der Waals surface area contributed by atoms with Crippen LogP contribution in [0.15, 0.2) is 12.3 Å². The van der Waals surface area contributed by atoms with Gasteiger partial charge in [0.1, 0.15) is 5.78 Å². The van der Waals surface area contributed by atoms with E-state index >= 15 is 0 Å². The van der Waals surface area contributed by atoms with Gasteiger partial charge in [-0.05, 0) is 37.2 Å². The maximum absolute atomic E-state index is 12.6. The monoisotopic (exact) mass is 296 g/mol. The summed E-state index contributed by atoms with van der Waals surface area (Å²) in [6.07, 6.45) is 3.62. The quantitative estimate of drug-likeness (QED) is 0.852. The van der Waals surface area contributed by atoms with E-state index in [0.29, 0.717) is 24.5 Å². The third-order valence-electron chi connectivity index (χ3n) is 5.55. The Balaban J connectivity index is 2.00. The van der Waals surface area contributed by atoms with E-state index in [9.17, 15) is 13.2 Å². The second-order valence-electron chi connectivity index (χ2n) is 6.75. The van der Waals surface area contributed by atoms with Gasteiger partial charge in [-0.15, -0.1) is 0 Å². The fraction of sp³-hybridized carbons (Fsp3) is 0.714. The van der Waals surface area contributed by atoms with E-state index in [1.54, 1.807) is 13.0 Å². The van der Waals surface area contributed by atoms with Gasteiger partial charge in [-0.25, -0.2) is 8.42 Å². The van der Waals surface area contributed by atoms with Crippen molar-refractivity contribution in [2.45, 2.75) is 40.0 Å². The molecule has 2 aliphatic carbocycles. The van der Waals surface area contributed by atoms with E-state index in [2.05, 4.69) is 5.10 Å². The number of ketones is 1. The molecule has 3 rings (SSSR count). The molecule has 1 aromatic rings. The predicted octanol–water partition coefficient (Wildman–Crippen LogP) is 1.76. The number of aryl methyl sites for hydroxylation is 1. The number of carbonyl (C=O) groups excluding carboxylic acids is 1. The Morgan fingerprint density at radius 3 is 2.60 bits per heavy atom. The number of carbonyl (C=O) groups is 1. The van der Waals surface area contributed by atoms with Crippen LogP contribution in [0.2, 0.25) is 0 Å². The molecule has 0 amide bonds. The van der Waals surface area contributed by atoms with Crippen molar-refractivity contribution < 1.29 is 13.2 Å². The smallest absolute Gasteiger partial charge is 0.254 e. The molecule has 1 heterocycles. The standard InChI is InChI=1S/C14H20N2O3S/c1-10-5-7-16(15-10)20(18,19)9-14-6-4-11(8-12(14)17)13(14,2)3/h5,7,11H,4,6,8-9H2,1-3H3/t11-,14+/m0/s1. The molecular weight excluding hydrogens is 276 g/mol. The van der Waals surface area contributed by atoms with E-state index in [1.165, 1.54) is 6.20 Å². The average molecular weight is 296 g/mol. The summed E-state index contributed by atoms with van der Waals surface area (Å²) < 4.78 is 26.2. The van der Waals surface area contributed by atoms with Gasteiger partial charge in [-0.1, -0.05) is 13.8 Å². The van der Waals surface area contributed by atoms with Crippen LogP contribution in [0.5, 0.6) is 0 Å². The first kappa shape index (κ1) is 13.8. The largest absolute Gasteiger partial charge is 0.299 e. The van der Waals surface area contributed by atoms with Crippen molar-refractivity contribution in [3.63, 3.8) is 0 Å². The van der Waals surface area contributed by atoms with Crippen LogP contribution in [0, 0.1) is 23.7 Å². The van der Waals surface area contributed by atoms with Crippen LogP contribution in [-0.4, -0.2) is 29.1 Å². The Labute approximate surface area is 119 Å². The molecule has 0 unspecified atom stereocenters. The summed E-state index contributed by atoms with van der Waals surface area (Å²) in [6, 6.07) is 1.66. The summed E-state index contributed by atoms with van der Waals surface area (Å²) in [5, 5.41) is 3.99. The van der Waals surface area contributed by atoms with Crippen molar-refractivity contribution in [2.75, 3.05) is 5.75 Å². The number of nitrogens with zero attached hydrogens (tertiary/aromatic N) is 2. The van der Waals surface area contributed by atoms with Crippen LogP contribution < -0.4 is 0 Å². The third-order valence-corrected chi connectivity index (χ3v) is 7.18. The summed E-state index contributed by atoms with van der Waals surface area (Å²) in [5.41, 5.74) is -0.303. The van der Waals surface area contributed by atoms with E-state index < -0.39 is 15.4 Å². The molecule has 2 fully saturated rings. The molecule has 110 valence electrons. The van der Waals surface area contributed by atoms with Crippen molar-refractivity contribution in [1.29, 1.82) is 0 Å². The van der Waals surface area contributed by atoms with E-state index in [4.69, 9.17) is 0 Å². The van der Waals surface area contributed by atoms with Crippen LogP contribution in [0.4, 0.5) is 0 Å².